The fourth-order valence-electron chi connectivity index (χ4n) is 2.26. The van der Waals surface area contributed by atoms with Gasteiger partial charge in [-0.05, 0) is 50.8 Å². The predicted octanol–water partition coefficient (Wildman–Crippen LogP) is 2.25. The minimum atomic E-state index is -0.0639. The van der Waals surface area contributed by atoms with Crippen molar-refractivity contribution in [2.45, 2.75) is 26.7 Å². The molecule has 0 heterocycles. The Morgan fingerprint density at radius 1 is 1.42 bits per heavy atom. The Kier molecular flexibility index (Phi) is 4.30. The van der Waals surface area contributed by atoms with Crippen LogP contribution in [-0.2, 0) is 0 Å². The van der Waals surface area contributed by atoms with Gasteiger partial charge in [0.15, 0.2) is 0 Å². The van der Waals surface area contributed by atoms with Crippen LogP contribution in [0.25, 0.3) is 0 Å². The van der Waals surface area contributed by atoms with Crippen molar-refractivity contribution in [3.63, 3.8) is 0 Å². The van der Waals surface area contributed by atoms with E-state index in [0.717, 1.165) is 24.7 Å². The summed E-state index contributed by atoms with van der Waals surface area (Å²) >= 11 is 0. The maximum absolute atomic E-state index is 11.8. The zero-order valence-corrected chi connectivity index (χ0v) is 11.8. The zero-order chi connectivity index (χ0) is 13.8. The second-order valence-corrected chi connectivity index (χ2v) is 5.12. The molecule has 2 rings (SSSR count). The molecule has 0 atom stereocenters. The van der Waals surface area contributed by atoms with Gasteiger partial charge in [0.2, 0.25) is 0 Å². The van der Waals surface area contributed by atoms with Crippen molar-refractivity contribution < 1.29 is 4.79 Å². The van der Waals surface area contributed by atoms with Crippen LogP contribution < -0.4 is 16.0 Å². The lowest BCUT2D eigenvalue weighted by atomic mass is 10.1. The smallest absolute Gasteiger partial charge is 0.251 e. The van der Waals surface area contributed by atoms with Crippen LogP contribution in [-0.4, -0.2) is 25.5 Å². The third-order valence-corrected chi connectivity index (χ3v) is 3.52. The molecule has 1 fully saturated rings. The number of rotatable bonds is 6. The number of nitrogens with zero attached hydrogens (tertiary/aromatic N) is 1. The number of carbonyl (C=O) groups excluding carboxylic acids is 1. The molecule has 0 bridgehead atoms. The summed E-state index contributed by atoms with van der Waals surface area (Å²) in [5.74, 6) is 0.758. The third kappa shape index (κ3) is 3.40. The summed E-state index contributed by atoms with van der Waals surface area (Å²) in [5, 5.41) is 2.79. The Bertz CT molecular complexity index is 455. The van der Waals surface area contributed by atoms with E-state index in [1.807, 2.05) is 19.1 Å². The number of anilines is 2. The maximum atomic E-state index is 11.8. The molecular weight excluding hydrogens is 238 g/mol. The lowest BCUT2D eigenvalue weighted by Crippen LogP contribution is -2.27. The minimum absolute atomic E-state index is 0.0639. The number of nitrogens with one attached hydrogen (secondary N) is 1. The standard InChI is InChI=1S/C15H23N3O/c1-3-17-15(19)12-7-8-14(13(16)9-12)18(4-2)10-11-5-6-11/h7-9,11H,3-6,10,16H2,1-2H3,(H,17,19). The van der Waals surface area contributed by atoms with E-state index in [0.29, 0.717) is 17.8 Å². The van der Waals surface area contributed by atoms with Gasteiger partial charge in [0.1, 0.15) is 0 Å². The van der Waals surface area contributed by atoms with Gasteiger partial charge < -0.3 is 16.0 Å². The fourth-order valence-corrected chi connectivity index (χ4v) is 2.26. The first-order valence-electron chi connectivity index (χ1n) is 7.08. The molecule has 19 heavy (non-hydrogen) atoms. The molecule has 1 aromatic rings. The summed E-state index contributed by atoms with van der Waals surface area (Å²) in [6.45, 7) is 6.69. The van der Waals surface area contributed by atoms with E-state index in [1.54, 1.807) is 6.07 Å². The van der Waals surface area contributed by atoms with Gasteiger partial charge in [0.25, 0.3) is 5.91 Å². The van der Waals surface area contributed by atoms with Crippen LogP contribution in [0.4, 0.5) is 11.4 Å². The van der Waals surface area contributed by atoms with Gasteiger partial charge in [0.05, 0.1) is 11.4 Å². The molecule has 104 valence electrons. The second kappa shape index (κ2) is 5.95. The molecule has 0 spiro atoms. The average molecular weight is 261 g/mol. The van der Waals surface area contributed by atoms with Crippen molar-refractivity contribution in [2.24, 2.45) is 5.92 Å². The first-order chi connectivity index (χ1) is 9.15. The number of nitrogens with two attached hydrogens (primary N) is 1. The lowest BCUT2D eigenvalue weighted by molar-refractivity contribution is 0.0956. The Balaban J connectivity index is 2.14. The second-order valence-electron chi connectivity index (χ2n) is 5.12. The SMILES string of the molecule is CCNC(=O)c1ccc(N(CC)CC2CC2)c(N)c1. The Morgan fingerprint density at radius 3 is 2.68 bits per heavy atom. The van der Waals surface area contributed by atoms with E-state index in [2.05, 4.69) is 17.1 Å². The van der Waals surface area contributed by atoms with Gasteiger partial charge in [-0.25, -0.2) is 0 Å². The first kappa shape index (κ1) is 13.7. The third-order valence-electron chi connectivity index (χ3n) is 3.52. The highest BCUT2D eigenvalue weighted by atomic mass is 16.1. The number of amides is 1. The minimum Gasteiger partial charge on any atom is -0.397 e. The van der Waals surface area contributed by atoms with Gasteiger partial charge in [-0.2, -0.15) is 0 Å². The van der Waals surface area contributed by atoms with Crippen molar-refractivity contribution in [1.29, 1.82) is 0 Å². The van der Waals surface area contributed by atoms with Gasteiger partial charge in [-0.15, -0.1) is 0 Å². The monoisotopic (exact) mass is 261 g/mol. The molecule has 4 nitrogen and oxygen atoms in total. The summed E-state index contributed by atoms with van der Waals surface area (Å²) in [5.41, 5.74) is 8.47. The molecule has 0 aliphatic heterocycles. The predicted molar refractivity (Wildman–Crippen MR) is 79.5 cm³/mol. The van der Waals surface area contributed by atoms with E-state index >= 15 is 0 Å². The van der Waals surface area contributed by atoms with E-state index in [9.17, 15) is 4.79 Å². The van der Waals surface area contributed by atoms with Crippen molar-refractivity contribution >= 4 is 17.3 Å². The van der Waals surface area contributed by atoms with Crippen LogP contribution in [0.5, 0.6) is 0 Å². The zero-order valence-electron chi connectivity index (χ0n) is 11.8. The van der Waals surface area contributed by atoms with E-state index < -0.39 is 0 Å². The number of hydrogen-bond acceptors (Lipinski definition) is 3. The highest BCUT2D eigenvalue weighted by Crippen LogP contribution is 2.33. The highest BCUT2D eigenvalue weighted by molar-refractivity contribution is 5.96. The first-order valence-corrected chi connectivity index (χ1v) is 7.08. The number of hydrogen-bond donors (Lipinski definition) is 2. The molecular formula is C15H23N3O. The largest absolute Gasteiger partial charge is 0.397 e. The number of nitrogen functional groups attached to an aromatic ring is 1. The van der Waals surface area contributed by atoms with Crippen LogP contribution >= 0.6 is 0 Å². The summed E-state index contributed by atoms with van der Waals surface area (Å²) < 4.78 is 0. The van der Waals surface area contributed by atoms with Crippen LogP contribution in [0.3, 0.4) is 0 Å². The fraction of sp³-hybridized carbons (Fsp3) is 0.533. The highest BCUT2D eigenvalue weighted by Gasteiger charge is 2.24. The molecule has 0 saturated heterocycles. The topological polar surface area (TPSA) is 58.4 Å². The molecule has 0 radical (unpaired) electrons. The maximum Gasteiger partial charge on any atom is 0.251 e. The Hall–Kier alpha value is -1.71. The molecule has 0 unspecified atom stereocenters. The van der Waals surface area contributed by atoms with Crippen molar-refractivity contribution in [1.82, 2.24) is 5.32 Å². The van der Waals surface area contributed by atoms with Crippen LogP contribution in [0.2, 0.25) is 0 Å². The van der Waals surface area contributed by atoms with Gasteiger partial charge in [0, 0.05) is 25.2 Å². The molecule has 0 aromatic heterocycles. The number of benzene rings is 1. The van der Waals surface area contributed by atoms with E-state index in [1.165, 1.54) is 12.8 Å². The summed E-state index contributed by atoms with van der Waals surface area (Å²) in [6.07, 6.45) is 2.65. The molecule has 1 aliphatic carbocycles. The molecule has 1 aliphatic rings. The van der Waals surface area contributed by atoms with Gasteiger partial charge >= 0.3 is 0 Å². The van der Waals surface area contributed by atoms with Crippen molar-refractivity contribution in [3.05, 3.63) is 23.8 Å². The Morgan fingerprint density at radius 2 is 2.16 bits per heavy atom. The lowest BCUT2D eigenvalue weighted by Gasteiger charge is -2.24. The normalized spacial score (nSPS) is 14.2. The molecule has 3 N–H and O–H groups in total. The molecule has 1 saturated carbocycles. The molecule has 1 aromatic carbocycles. The van der Waals surface area contributed by atoms with Gasteiger partial charge in [-0.1, -0.05) is 0 Å². The Labute approximate surface area is 115 Å². The van der Waals surface area contributed by atoms with Crippen LogP contribution in [0.1, 0.15) is 37.0 Å². The van der Waals surface area contributed by atoms with Crippen molar-refractivity contribution in [3.8, 4) is 0 Å². The molecule has 4 heteroatoms. The summed E-state index contributed by atoms with van der Waals surface area (Å²) in [4.78, 5) is 14.1. The summed E-state index contributed by atoms with van der Waals surface area (Å²) in [7, 11) is 0. The van der Waals surface area contributed by atoms with E-state index in [4.69, 9.17) is 5.73 Å². The van der Waals surface area contributed by atoms with Gasteiger partial charge in [-0.3, -0.25) is 4.79 Å². The number of carbonyl (C=O) groups is 1. The van der Waals surface area contributed by atoms with Crippen molar-refractivity contribution in [2.75, 3.05) is 30.3 Å². The van der Waals surface area contributed by atoms with Crippen LogP contribution in [0, 0.1) is 5.92 Å². The quantitative estimate of drug-likeness (QED) is 0.772. The van der Waals surface area contributed by atoms with E-state index in [-0.39, 0.29) is 5.91 Å². The van der Waals surface area contributed by atoms with Crippen LogP contribution in [0.15, 0.2) is 18.2 Å². The molecule has 1 amide bonds. The summed E-state index contributed by atoms with van der Waals surface area (Å²) in [6, 6.07) is 5.59. The average Bonchev–Trinajstić information content (AvgIpc) is 3.20.